The zero-order valence-electron chi connectivity index (χ0n) is 11.6. The summed E-state index contributed by atoms with van der Waals surface area (Å²) in [5.41, 5.74) is 3.99. The van der Waals surface area contributed by atoms with Crippen LogP contribution in [0.25, 0.3) is 0 Å². The maximum absolute atomic E-state index is 11.9. The highest BCUT2D eigenvalue weighted by Crippen LogP contribution is 2.16. The van der Waals surface area contributed by atoms with Gasteiger partial charge in [-0.15, -0.1) is 0 Å². The van der Waals surface area contributed by atoms with Crippen molar-refractivity contribution in [3.8, 4) is 0 Å². The second-order valence-corrected chi connectivity index (χ2v) is 4.69. The number of nitrogens with one attached hydrogen (secondary N) is 2. The number of carbonyl (C=O) groups is 1. The molecule has 0 atom stereocenters. The van der Waals surface area contributed by atoms with Gasteiger partial charge in [0.25, 0.3) is 0 Å². The van der Waals surface area contributed by atoms with Gasteiger partial charge in [0, 0.05) is 24.5 Å². The lowest BCUT2D eigenvalue weighted by atomic mass is 10.1. The Bertz CT molecular complexity index is 596. The Labute approximate surface area is 112 Å². The van der Waals surface area contributed by atoms with E-state index in [9.17, 15) is 4.79 Å². The van der Waals surface area contributed by atoms with Crippen LogP contribution in [0.3, 0.4) is 0 Å². The quantitative estimate of drug-likeness (QED) is 0.870. The normalized spacial score (nSPS) is 10.3. The van der Waals surface area contributed by atoms with Gasteiger partial charge < -0.3 is 5.32 Å². The second kappa shape index (κ2) is 5.14. The van der Waals surface area contributed by atoms with Crippen molar-refractivity contribution in [1.82, 2.24) is 9.78 Å². The molecule has 0 saturated carbocycles. The van der Waals surface area contributed by atoms with Crippen LogP contribution in [0.1, 0.15) is 16.8 Å². The topological polar surface area (TPSA) is 59.0 Å². The molecule has 19 heavy (non-hydrogen) atoms. The molecule has 0 aliphatic rings. The predicted molar refractivity (Wildman–Crippen MR) is 76.5 cm³/mol. The maximum Gasteiger partial charge on any atom is 0.324 e. The van der Waals surface area contributed by atoms with Crippen LogP contribution in [-0.2, 0) is 7.05 Å². The number of anilines is 2. The van der Waals surface area contributed by atoms with Crippen LogP contribution in [0.5, 0.6) is 0 Å². The molecule has 0 spiro atoms. The van der Waals surface area contributed by atoms with Gasteiger partial charge in [-0.25, -0.2) is 4.79 Å². The van der Waals surface area contributed by atoms with Crippen LogP contribution in [0.15, 0.2) is 24.3 Å². The third-order valence-electron chi connectivity index (χ3n) is 2.99. The number of amides is 2. The van der Waals surface area contributed by atoms with E-state index in [1.807, 2.05) is 52.1 Å². The molecule has 0 aliphatic heterocycles. The molecule has 1 aromatic heterocycles. The molecule has 0 radical (unpaired) electrons. The molecule has 0 aliphatic carbocycles. The molecular weight excluding hydrogens is 240 g/mol. The zero-order chi connectivity index (χ0) is 14.0. The van der Waals surface area contributed by atoms with E-state index in [1.54, 1.807) is 4.68 Å². The average molecular weight is 258 g/mol. The summed E-state index contributed by atoms with van der Waals surface area (Å²) in [6, 6.07) is 7.42. The molecule has 1 aromatic carbocycles. The van der Waals surface area contributed by atoms with Gasteiger partial charge in [-0.05, 0) is 32.4 Å². The Morgan fingerprint density at radius 3 is 2.47 bits per heavy atom. The smallest absolute Gasteiger partial charge is 0.307 e. The fraction of sp³-hybridized carbons (Fsp3) is 0.286. The van der Waals surface area contributed by atoms with Gasteiger partial charge in [-0.1, -0.05) is 17.7 Å². The van der Waals surface area contributed by atoms with E-state index < -0.39 is 0 Å². The van der Waals surface area contributed by atoms with E-state index in [0.29, 0.717) is 5.82 Å². The number of hydrogen-bond donors (Lipinski definition) is 2. The average Bonchev–Trinajstić information content (AvgIpc) is 2.62. The lowest BCUT2D eigenvalue weighted by Gasteiger charge is -2.09. The van der Waals surface area contributed by atoms with Crippen LogP contribution in [0.2, 0.25) is 0 Å². The Balaban J connectivity index is 2.05. The lowest BCUT2D eigenvalue weighted by Crippen LogP contribution is -2.20. The third-order valence-corrected chi connectivity index (χ3v) is 2.99. The predicted octanol–water partition coefficient (Wildman–Crippen LogP) is 2.99. The van der Waals surface area contributed by atoms with E-state index >= 15 is 0 Å². The highest BCUT2D eigenvalue weighted by atomic mass is 16.2. The molecule has 2 N–H and O–H groups in total. The van der Waals surface area contributed by atoms with Crippen LogP contribution in [0, 0.1) is 20.8 Å². The lowest BCUT2D eigenvalue weighted by molar-refractivity contribution is 0.262. The summed E-state index contributed by atoms with van der Waals surface area (Å²) in [5, 5.41) is 9.70. The highest BCUT2D eigenvalue weighted by Gasteiger charge is 2.07. The van der Waals surface area contributed by atoms with Crippen molar-refractivity contribution in [3.05, 3.63) is 41.1 Å². The van der Waals surface area contributed by atoms with Crippen LogP contribution in [-0.4, -0.2) is 15.8 Å². The summed E-state index contributed by atoms with van der Waals surface area (Å²) in [4.78, 5) is 11.9. The van der Waals surface area contributed by atoms with E-state index in [1.165, 1.54) is 5.56 Å². The molecule has 5 nitrogen and oxygen atoms in total. The minimum atomic E-state index is -0.287. The first-order valence-electron chi connectivity index (χ1n) is 6.11. The van der Waals surface area contributed by atoms with Crippen molar-refractivity contribution in [2.75, 3.05) is 10.6 Å². The van der Waals surface area contributed by atoms with Gasteiger partial charge in [0.05, 0.1) is 0 Å². The summed E-state index contributed by atoms with van der Waals surface area (Å²) < 4.78 is 1.72. The number of benzene rings is 1. The van der Waals surface area contributed by atoms with Crippen LogP contribution >= 0.6 is 0 Å². The number of carbonyl (C=O) groups excluding carboxylic acids is 1. The van der Waals surface area contributed by atoms with E-state index in [-0.39, 0.29) is 6.03 Å². The fourth-order valence-electron chi connectivity index (χ4n) is 1.85. The molecular formula is C14H18N4O. The fourth-order valence-corrected chi connectivity index (χ4v) is 1.85. The molecule has 0 saturated heterocycles. The van der Waals surface area contributed by atoms with Crippen LogP contribution < -0.4 is 10.6 Å². The highest BCUT2D eigenvalue weighted by molar-refractivity contribution is 5.99. The van der Waals surface area contributed by atoms with Crippen molar-refractivity contribution in [3.63, 3.8) is 0 Å². The maximum atomic E-state index is 11.9. The molecule has 2 aromatic rings. The Morgan fingerprint density at radius 1 is 1.16 bits per heavy atom. The SMILES string of the molecule is Cc1ccc(NC(=O)Nc2cc(C)n(C)n2)c(C)c1. The number of hydrogen-bond acceptors (Lipinski definition) is 2. The Morgan fingerprint density at radius 2 is 1.89 bits per heavy atom. The number of urea groups is 1. The van der Waals surface area contributed by atoms with Gasteiger partial charge >= 0.3 is 6.03 Å². The first-order valence-corrected chi connectivity index (χ1v) is 6.11. The zero-order valence-corrected chi connectivity index (χ0v) is 11.6. The molecule has 0 unspecified atom stereocenters. The van der Waals surface area contributed by atoms with E-state index in [2.05, 4.69) is 15.7 Å². The Hall–Kier alpha value is -2.30. The molecule has 2 rings (SSSR count). The van der Waals surface area contributed by atoms with Gasteiger partial charge in [0.1, 0.15) is 0 Å². The van der Waals surface area contributed by atoms with Crippen molar-refractivity contribution in [2.24, 2.45) is 7.05 Å². The molecule has 0 fully saturated rings. The standard InChI is InChI=1S/C14H18N4O/c1-9-5-6-12(10(2)7-9)15-14(19)16-13-8-11(3)18(4)17-13/h5-8H,1-4H3,(H2,15,16,17,19). The number of aryl methyl sites for hydroxylation is 4. The third kappa shape index (κ3) is 3.13. The molecule has 5 heteroatoms. The van der Waals surface area contributed by atoms with Gasteiger partial charge in [0.2, 0.25) is 0 Å². The molecule has 1 heterocycles. The molecule has 0 bridgehead atoms. The Kier molecular flexibility index (Phi) is 3.55. The minimum absolute atomic E-state index is 0.287. The van der Waals surface area contributed by atoms with E-state index in [4.69, 9.17) is 0 Å². The number of rotatable bonds is 2. The van der Waals surface area contributed by atoms with Crippen molar-refractivity contribution < 1.29 is 4.79 Å². The van der Waals surface area contributed by atoms with Crippen molar-refractivity contribution >= 4 is 17.5 Å². The van der Waals surface area contributed by atoms with E-state index in [0.717, 1.165) is 16.9 Å². The summed E-state index contributed by atoms with van der Waals surface area (Å²) in [6.07, 6.45) is 0. The van der Waals surface area contributed by atoms with Gasteiger partial charge in [0.15, 0.2) is 5.82 Å². The summed E-state index contributed by atoms with van der Waals surface area (Å²) in [5.74, 6) is 0.544. The van der Waals surface area contributed by atoms with Gasteiger partial charge in [-0.3, -0.25) is 10.00 Å². The minimum Gasteiger partial charge on any atom is -0.307 e. The molecule has 2 amide bonds. The number of nitrogens with zero attached hydrogens (tertiary/aromatic N) is 2. The summed E-state index contributed by atoms with van der Waals surface area (Å²) in [6.45, 7) is 5.92. The monoisotopic (exact) mass is 258 g/mol. The molecule has 100 valence electrons. The van der Waals surface area contributed by atoms with Crippen molar-refractivity contribution in [2.45, 2.75) is 20.8 Å². The second-order valence-electron chi connectivity index (χ2n) is 4.69. The summed E-state index contributed by atoms with van der Waals surface area (Å²) in [7, 11) is 1.84. The number of aromatic nitrogens is 2. The first-order chi connectivity index (χ1) is 8.95. The van der Waals surface area contributed by atoms with Crippen LogP contribution in [0.4, 0.5) is 16.3 Å². The van der Waals surface area contributed by atoms with Gasteiger partial charge in [-0.2, -0.15) is 5.10 Å². The van der Waals surface area contributed by atoms with Crippen molar-refractivity contribution in [1.29, 1.82) is 0 Å². The summed E-state index contributed by atoms with van der Waals surface area (Å²) >= 11 is 0. The largest absolute Gasteiger partial charge is 0.324 e. The first kappa shape index (κ1) is 13.1.